The molecule has 1 aromatic carbocycles. The van der Waals surface area contributed by atoms with Crippen molar-refractivity contribution in [2.45, 2.75) is 146 Å². The minimum atomic E-state index is -1.30. The Hall–Kier alpha value is -5.61. The number of nitrogens with two attached hydrogens (primary N) is 3. The van der Waals surface area contributed by atoms with Crippen molar-refractivity contribution in [2.24, 2.45) is 29.0 Å². The predicted molar refractivity (Wildman–Crippen MR) is 301 cm³/mol. The summed E-state index contributed by atoms with van der Waals surface area (Å²) in [5.74, 6) is -8.94. The molecule has 0 spiro atoms. The number of carbonyl (C=O) groups is 10. The van der Waals surface area contributed by atoms with Crippen LogP contribution in [-0.4, -0.2) is 172 Å². The molecule has 1 saturated heterocycles. The molecule has 16 N–H and O–H groups in total. The molecule has 77 heavy (non-hydrogen) atoms. The van der Waals surface area contributed by atoms with Crippen LogP contribution in [0, 0.1) is 11.8 Å². The normalized spacial score (nSPS) is 16.8. The zero-order chi connectivity index (χ0) is 57.4. The van der Waals surface area contributed by atoms with E-state index in [9.17, 15) is 53.1 Å². The van der Waals surface area contributed by atoms with Crippen molar-refractivity contribution in [2.75, 3.05) is 43.4 Å². The van der Waals surface area contributed by atoms with Gasteiger partial charge in [0.25, 0.3) is 0 Å². The lowest BCUT2D eigenvalue weighted by Crippen LogP contribution is -2.61. The van der Waals surface area contributed by atoms with E-state index in [0.29, 0.717) is 57.2 Å². The number of likely N-dealkylation sites (tertiary alicyclic amines) is 1. The van der Waals surface area contributed by atoms with E-state index in [1.165, 1.54) is 4.90 Å². The number of aliphatic carboxylic acids is 1. The van der Waals surface area contributed by atoms with Crippen LogP contribution in [0.15, 0.2) is 30.5 Å². The first-order valence-corrected chi connectivity index (χ1v) is 28.0. The average Bonchev–Trinajstić information content (AvgIpc) is 4.08. The molecule has 430 valence electrons. The van der Waals surface area contributed by atoms with Gasteiger partial charge in [0.2, 0.25) is 53.2 Å². The van der Waals surface area contributed by atoms with E-state index < -0.39 is 132 Å². The molecular formula is C50H81N13O11S3. The number of nitrogens with zero attached hydrogens (tertiary/aromatic N) is 1. The van der Waals surface area contributed by atoms with Crippen molar-refractivity contribution < 1.29 is 53.1 Å². The minimum absolute atomic E-state index is 0.0469. The molecule has 1 aromatic heterocycles. The smallest absolute Gasteiger partial charge is 0.326 e. The highest BCUT2D eigenvalue weighted by Crippen LogP contribution is 2.22. The summed E-state index contributed by atoms with van der Waals surface area (Å²) in [5.41, 5.74) is 18.4. The van der Waals surface area contributed by atoms with Gasteiger partial charge >= 0.3 is 5.97 Å². The zero-order valence-corrected chi connectivity index (χ0v) is 47.0. The van der Waals surface area contributed by atoms with E-state index in [2.05, 4.69) is 85.4 Å². The first-order valence-electron chi connectivity index (χ1n) is 26.1. The fraction of sp³-hybridized carbons (Fsp3) is 0.640. The lowest BCUT2D eigenvalue weighted by Gasteiger charge is -2.31. The second-order valence-electron chi connectivity index (χ2n) is 19.5. The molecule has 0 aliphatic carbocycles. The number of aromatic amines is 1. The molecule has 9 amide bonds. The van der Waals surface area contributed by atoms with Gasteiger partial charge in [-0.05, 0) is 87.9 Å². The highest BCUT2D eigenvalue weighted by atomic mass is 32.1. The monoisotopic (exact) mass is 1140 g/mol. The number of carboxylic acids is 1. The van der Waals surface area contributed by atoms with Gasteiger partial charge in [-0.3, -0.25) is 43.2 Å². The van der Waals surface area contributed by atoms with Crippen LogP contribution in [0.25, 0.3) is 10.9 Å². The number of rotatable bonds is 34. The Labute approximate surface area is 466 Å². The summed E-state index contributed by atoms with van der Waals surface area (Å²) in [5, 5.41) is 31.7. The van der Waals surface area contributed by atoms with Gasteiger partial charge in [-0.15, -0.1) is 0 Å². The number of nitrogens with one attached hydrogen (secondary N) is 9. The Balaban J connectivity index is 1.81. The number of thiol groups is 3. The van der Waals surface area contributed by atoms with E-state index in [-0.39, 0.29) is 49.5 Å². The third-order valence-electron chi connectivity index (χ3n) is 13.3. The number of amides is 9. The molecule has 0 unspecified atom stereocenters. The van der Waals surface area contributed by atoms with Crippen LogP contribution in [0.5, 0.6) is 0 Å². The number of H-pyrrole nitrogens is 1. The van der Waals surface area contributed by atoms with Crippen LogP contribution in [0.3, 0.4) is 0 Å². The first-order chi connectivity index (χ1) is 36.7. The Kier molecular flexibility index (Phi) is 28.7. The van der Waals surface area contributed by atoms with Crippen LogP contribution >= 0.6 is 37.9 Å². The molecule has 3 rings (SSSR count). The van der Waals surface area contributed by atoms with Crippen LogP contribution in [0.1, 0.15) is 91.0 Å². The van der Waals surface area contributed by atoms with Crippen LogP contribution < -0.4 is 59.7 Å². The van der Waals surface area contributed by atoms with E-state index in [1.54, 1.807) is 33.9 Å². The summed E-state index contributed by atoms with van der Waals surface area (Å²) < 4.78 is 0. The van der Waals surface area contributed by atoms with Crippen LogP contribution in [0.4, 0.5) is 0 Å². The molecule has 1 aliphatic rings. The topological polar surface area (TPSA) is 384 Å². The van der Waals surface area contributed by atoms with Gasteiger partial charge in [0, 0.05) is 47.3 Å². The maximum atomic E-state index is 14.4. The van der Waals surface area contributed by atoms with Crippen molar-refractivity contribution in [1.82, 2.24) is 52.4 Å². The predicted octanol–water partition coefficient (Wildman–Crippen LogP) is -1.63. The summed E-state index contributed by atoms with van der Waals surface area (Å²) in [6.07, 6.45) is 4.85. The summed E-state index contributed by atoms with van der Waals surface area (Å²) >= 11 is 12.6. The van der Waals surface area contributed by atoms with Crippen molar-refractivity contribution in [3.05, 3.63) is 36.0 Å². The lowest BCUT2D eigenvalue weighted by atomic mass is 9.97. The van der Waals surface area contributed by atoms with Gasteiger partial charge in [0.05, 0.1) is 12.6 Å². The highest BCUT2D eigenvalue weighted by molar-refractivity contribution is 7.80. The number of fused-ring (bicyclic) bond motifs is 1. The first kappa shape index (κ1) is 65.7. The van der Waals surface area contributed by atoms with Gasteiger partial charge in [-0.2, -0.15) is 37.9 Å². The second kappa shape index (κ2) is 33.6. The fourth-order valence-corrected chi connectivity index (χ4v) is 9.23. The number of unbranched alkanes of at least 4 members (excludes halogenated alkanes) is 2. The summed E-state index contributed by atoms with van der Waals surface area (Å²) in [7, 11) is 0. The number of benzene rings is 1. The van der Waals surface area contributed by atoms with Crippen LogP contribution in [-0.2, 0) is 54.4 Å². The fourth-order valence-electron chi connectivity index (χ4n) is 8.56. The van der Waals surface area contributed by atoms with Crippen molar-refractivity contribution in [1.29, 1.82) is 0 Å². The molecule has 24 nitrogen and oxygen atoms in total. The molecule has 10 atom stereocenters. The van der Waals surface area contributed by atoms with Gasteiger partial charge in [0.15, 0.2) is 0 Å². The Morgan fingerprint density at radius 2 is 1.26 bits per heavy atom. The summed E-state index contributed by atoms with van der Waals surface area (Å²) in [4.78, 5) is 140. The molecule has 1 fully saturated rings. The molecular weight excluding hydrogens is 1050 g/mol. The third-order valence-corrected chi connectivity index (χ3v) is 14.5. The van der Waals surface area contributed by atoms with Gasteiger partial charge in [0.1, 0.15) is 48.3 Å². The Bertz CT molecular complexity index is 2330. The number of carbonyl (C=O) groups excluding carboxylic acids is 9. The lowest BCUT2D eigenvalue weighted by molar-refractivity contribution is -0.143. The minimum Gasteiger partial charge on any atom is -0.480 e. The van der Waals surface area contributed by atoms with Crippen molar-refractivity contribution in [3.8, 4) is 0 Å². The van der Waals surface area contributed by atoms with Gasteiger partial charge in [-0.1, -0.05) is 52.3 Å². The van der Waals surface area contributed by atoms with Crippen molar-refractivity contribution >= 4 is 108 Å². The Morgan fingerprint density at radius 3 is 1.86 bits per heavy atom. The maximum absolute atomic E-state index is 14.4. The molecule has 2 heterocycles. The number of carboxylic acid groups (broad SMARTS) is 1. The highest BCUT2D eigenvalue weighted by Gasteiger charge is 2.41. The molecule has 0 saturated carbocycles. The number of aromatic nitrogens is 1. The van der Waals surface area contributed by atoms with Crippen LogP contribution in [0.2, 0.25) is 0 Å². The molecule has 2 aromatic rings. The molecule has 1 aliphatic heterocycles. The van der Waals surface area contributed by atoms with E-state index in [4.69, 9.17) is 17.2 Å². The largest absolute Gasteiger partial charge is 0.480 e. The molecule has 27 heteroatoms. The number of hydrogen-bond donors (Lipinski definition) is 16. The number of hydrogen-bond acceptors (Lipinski definition) is 16. The SMILES string of the molecule is CC[C@H](C)[C@H](NC(=O)CNC(=O)[C@@H](N)CS)C(=O)N[C@@H](CS)C(=O)N[C@H](C(=O)N[C@@H](CS)C(=O)N1CCC[C@H]1C(=O)N[C@@H](Cc1c[nH]c2ccccc12)C(=O)N[C@@H](CCCCN)C(=O)N[C@@H](CCCCN)C(=O)O)C(C)C. The summed E-state index contributed by atoms with van der Waals surface area (Å²) in [6, 6.07) is -3.39. The van der Waals surface area contributed by atoms with E-state index in [1.807, 2.05) is 24.3 Å². The quantitative estimate of drug-likeness (QED) is 0.0277. The second-order valence-corrected chi connectivity index (χ2v) is 20.6. The Morgan fingerprint density at radius 1 is 0.688 bits per heavy atom. The standard InChI is InChI=1S/C50H81N13O11S3/c1-5-28(4)41(61-39(64)23-55-42(65)31(53)24-75)48(71)59-36(25-76)45(68)62-40(27(2)3)47(70)60-37(26-77)49(72)63-20-12-17-38(63)46(69)58-35(21-29-22-54-32-14-7-6-13-30(29)32)44(67)56-33(15-8-10-18-51)43(66)57-34(50(73)74)16-9-11-19-52/h6-7,13-14,22,27-28,31,33-38,40-41,54,75-77H,5,8-12,15-21,23-26,51-53H2,1-4H3,(H,55,65)(H,56,67)(H,57,66)(H,58,69)(H,59,71)(H,60,70)(H,61,64)(H,62,68)(H,73,74)/t28-,31-,33-,34-,35-,36-,37-,38-,40-,41-/m0/s1. The van der Waals surface area contributed by atoms with Crippen molar-refractivity contribution in [3.63, 3.8) is 0 Å². The zero-order valence-electron chi connectivity index (χ0n) is 44.3. The average molecular weight is 1140 g/mol. The molecule has 0 radical (unpaired) electrons. The molecule has 0 bridgehead atoms. The van der Waals surface area contributed by atoms with E-state index in [0.717, 1.165) is 10.9 Å². The van der Waals surface area contributed by atoms with Gasteiger partial charge in [-0.25, -0.2) is 4.79 Å². The third kappa shape index (κ3) is 20.3. The number of para-hydroxylation sites is 1. The van der Waals surface area contributed by atoms with E-state index >= 15 is 0 Å². The van der Waals surface area contributed by atoms with Gasteiger partial charge < -0.3 is 74.7 Å². The maximum Gasteiger partial charge on any atom is 0.326 e. The summed E-state index contributed by atoms with van der Waals surface area (Å²) in [6.45, 7) is 7.12.